The Bertz CT molecular complexity index is 841. The van der Waals surface area contributed by atoms with Gasteiger partial charge < -0.3 is 15.4 Å². The van der Waals surface area contributed by atoms with E-state index in [0.29, 0.717) is 10.7 Å². The maximum atomic E-state index is 12.2. The zero-order chi connectivity index (χ0) is 18.8. The van der Waals surface area contributed by atoms with E-state index in [1.165, 1.54) is 12.0 Å². The fourth-order valence-electron chi connectivity index (χ4n) is 3.43. The smallest absolute Gasteiger partial charge is 0.341 e. The minimum absolute atomic E-state index is 0.0173. The summed E-state index contributed by atoms with van der Waals surface area (Å²) in [5.74, 6) is -0.303. The lowest BCUT2D eigenvalue weighted by molar-refractivity contribution is 0.0601. The molecule has 2 N–H and O–H groups in total. The maximum absolute atomic E-state index is 12.2. The van der Waals surface area contributed by atoms with Gasteiger partial charge in [0.1, 0.15) is 5.00 Å². The number of rotatable bonds is 5. The van der Waals surface area contributed by atoms with Crippen LogP contribution in [0.25, 0.3) is 0 Å². The number of hydrogen-bond acceptors (Lipinski definition) is 5. The molecule has 1 unspecified atom stereocenters. The van der Waals surface area contributed by atoms with E-state index in [4.69, 9.17) is 17.0 Å². The SMILES string of the molecule is CCn1ncc(C(C)NC(=S)Nc2sc3c(c2C(=O)OC)CCC3)c1C. The minimum Gasteiger partial charge on any atom is -0.465 e. The van der Waals surface area contributed by atoms with Crippen LogP contribution in [0.1, 0.15) is 58.4 Å². The maximum Gasteiger partial charge on any atom is 0.341 e. The molecule has 0 fully saturated rings. The second kappa shape index (κ2) is 7.75. The number of carbonyl (C=O) groups is 1. The Morgan fingerprint density at radius 1 is 1.50 bits per heavy atom. The lowest BCUT2D eigenvalue weighted by atomic mass is 10.1. The molecule has 1 aliphatic carbocycles. The molecule has 26 heavy (non-hydrogen) atoms. The third-order valence-electron chi connectivity index (χ3n) is 4.79. The van der Waals surface area contributed by atoms with Crippen molar-refractivity contribution in [3.8, 4) is 0 Å². The summed E-state index contributed by atoms with van der Waals surface area (Å²) in [5.41, 5.74) is 3.98. The van der Waals surface area contributed by atoms with Crippen molar-refractivity contribution in [2.75, 3.05) is 12.4 Å². The van der Waals surface area contributed by atoms with Crippen molar-refractivity contribution >= 4 is 39.6 Å². The van der Waals surface area contributed by atoms with E-state index in [0.717, 1.165) is 47.6 Å². The summed E-state index contributed by atoms with van der Waals surface area (Å²) in [6.45, 7) is 7.01. The molecule has 0 saturated carbocycles. The molecule has 1 aliphatic rings. The van der Waals surface area contributed by atoms with Crippen LogP contribution in [0.5, 0.6) is 0 Å². The first-order chi connectivity index (χ1) is 12.5. The standard InChI is InChI=1S/C18H24N4O2S2/c1-5-22-11(3)13(9-19-22)10(2)20-18(25)21-16-15(17(23)24-4)12-7-6-8-14(12)26-16/h9-10H,5-8H2,1-4H3,(H2,20,21,25). The normalized spacial score (nSPS) is 14.0. The van der Waals surface area contributed by atoms with Gasteiger partial charge >= 0.3 is 5.97 Å². The van der Waals surface area contributed by atoms with Gasteiger partial charge in [0.25, 0.3) is 0 Å². The second-order valence-electron chi connectivity index (χ2n) is 6.37. The third-order valence-corrected chi connectivity index (χ3v) is 6.22. The molecule has 3 rings (SSSR count). The molecule has 0 amide bonds. The van der Waals surface area contributed by atoms with Gasteiger partial charge in [-0.1, -0.05) is 0 Å². The molecule has 2 aromatic heterocycles. The van der Waals surface area contributed by atoms with E-state index >= 15 is 0 Å². The Morgan fingerprint density at radius 2 is 2.27 bits per heavy atom. The van der Waals surface area contributed by atoms with E-state index < -0.39 is 0 Å². The Morgan fingerprint density at radius 3 is 2.92 bits per heavy atom. The fraction of sp³-hybridized carbons (Fsp3) is 0.500. The molecule has 0 saturated heterocycles. The summed E-state index contributed by atoms with van der Waals surface area (Å²) >= 11 is 7.08. The van der Waals surface area contributed by atoms with E-state index in [2.05, 4.69) is 29.6 Å². The number of carbonyl (C=O) groups excluding carboxylic acids is 1. The van der Waals surface area contributed by atoms with Gasteiger partial charge in [-0.05, 0) is 57.8 Å². The van der Waals surface area contributed by atoms with Crippen LogP contribution < -0.4 is 10.6 Å². The number of methoxy groups -OCH3 is 1. The van der Waals surface area contributed by atoms with Gasteiger partial charge in [0, 0.05) is 22.7 Å². The third kappa shape index (κ3) is 3.48. The van der Waals surface area contributed by atoms with E-state index in [1.807, 2.05) is 17.8 Å². The fourth-order valence-corrected chi connectivity index (χ4v) is 5.05. The Kier molecular flexibility index (Phi) is 5.62. The largest absolute Gasteiger partial charge is 0.465 e. The number of nitrogens with one attached hydrogen (secondary N) is 2. The van der Waals surface area contributed by atoms with Crippen LogP contribution in [0.15, 0.2) is 6.20 Å². The number of hydrogen-bond donors (Lipinski definition) is 2. The summed E-state index contributed by atoms with van der Waals surface area (Å²) in [6.07, 6.45) is 4.89. The van der Waals surface area contributed by atoms with Crippen LogP contribution in [-0.2, 0) is 24.1 Å². The molecule has 2 heterocycles. The highest BCUT2D eigenvalue weighted by atomic mass is 32.1. The van der Waals surface area contributed by atoms with Gasteiger partial charge in [0.15, 0.2) is 5.11 Å². The summed E-state index contributed by atoms with van der Waals surface area (Å²) in [4.78, 5) is 13.5. The van der Waals surface area contributed by atoms with Crippen molar-refractivity contribution in [2.24, 2.45) is 0 Å². The predicted molar refractivity (Wildman–Crippen MR) is 108 cm³/mol. The zero-order valence-electron chi connectivity index (χ0n) is 15.5. The molecule has 2 aromatic rings. The van der Waals surface area contributed by atoms with Crippen molar-refractivity contribution < 1.29 is 9.53 Å². The molecular formula is C18H24N4O2S2. The molecule has 0 bridgehead atoms. The zero-order valence-corrected chi connectivity index (χ0v) is 17.1. The quantitative estimate of drug-likeness (QED) is 0.599. The van der Waals surface area contributed by atoms with Crippen LogP contribution in [0.3, 0.4) is 0 Å². The lowest BCUT2D eigenvalue weighted by Crippen LogP contribution is -2.31. The van der Waals surface area contributed by atoms with Crippen molar-refractivity contribution in [1.82, 2.24) is 15.1 Å². The van der Waals surface area contributed by atoms with Gasteiger partial charge in [0.2, 0.25) is 0 Å². The highest BCUT2D eigenvalue weighted by molar-refractivity contribution is 7.80. The van der Waals surface area contributed by atoms with E-state index in [-0.39, 0.29) is 12.0 Å². The summed E-state index contributed by atoms with van der Waals surface area (Å²) in [7, 11) is 1.41. The topological polar surface area (TPSA) is 68.2 Å². The Labute approximate surface area is 162 Å². The predicted octanol–water partition coefficient (Wildman–Crippen LogP) is 3.60. The van der Waals surface area contributed by atoms with Crippen LogP contribution in [0.2, 0.25) is 0 Å². The van der Waals surface area contributed by atoms with E-state index in [1.54, 1.807) is 11.3 Å². The molecule has 0 aliphatic heterocycles. The molecule has 1 atom stereocenters. The first kappa shape index (κ1) is 18.8. The van der Waals surface area contributed by atoms with Gasteiger partial charge in [0.05, 0.1) is 24.9 Å². The number of esters is 1. The summed E-state index contributed by atoms with van der Waals surface area (Å²) in [6, 6.07) is 0.0173. The van der Waals surface area contributed by atoms with Gasteiger partial charge in [-0.3, -0.25) is 4.68 Å². The van der Waals surface area contributed by atoms with Crippen molar-refractivity contribution in [3.05, 3.63) is 33.5 Å². The van der Waals surface area contributed by atoms with Crippen molar-refractivity contribution in [2.45, 2.75) is 52.6 Å². The monoisotopic (exact) mass is 392 g/mol. The molecule has 0 spiro atoms. The van der Waals surface area contributed by atoms with Crippen molar-refractivity contribution in [1.29, 1.82) is 0 Å². The number of aromatic nitrogens is 2. The summed E-state index contributed by atoms with van der Waals surface area (Å²) < 4.78 is 6.94. The molecular weight excluding hydrogens is 368 g/mol. The average Bonchev–Trinajstić information content (AvgIpc) is 3.28. The van der Waals surface area contributed by atoms with Crippen LogP contribution in [0, 0.1) is 6.92 Å². The lowest BCUT2D eigenvalue weighted by Gasteiger charge is -2.17. The molecule has 8 heteroatoms. The second-order valence-corrected chi connectivity index (χ2v) is 7.89. The highest BCUT2D eigenvalue weighted by Gasteiger charge is 2.27. The molecule has 0 radical (unpaired) electrons. The van der Waals surface area contributed by atoms with Crippen LogP contribution in [0.4, 0.5) is 5.00 Å². The molecule has 140 valence electrons. The van der Waals surface area contributed by atoms with E-state index in [9.17, 15) is 4.79 Å². The average molecular weight is 393 g/mol. The van der Waals surface area contributed by atoms with Crippen LogP contribution >= 0.6 is 23.6 Å². The number of ether oxygens (including phenoxy) is 1. The number of thiocarbonyl (C=S) groups is 1. The highest BCUT2D eigenvalue weighted by Crippen LogP contribution is 2.39. The Hall–Kier alpha value is -1.93. The van der Waals surface area contributed by atoms with Gasteiger partial charge in [-0.15, -0.1) is 11.3 Å². The number of fused-ring (bicyclic) bond motifs is 1. The number of nitrogens with zero attached hydrogens (tertiary/aromatic N) is 2. The van der Waals surface area contributed by atoms with Crippen LogP contribution in [-0.4, -0.2) is 28.0 Å². The van der Waals surface area contributed by atoms with Gasteiger partial charge in [-0.2, -0.15) is 5.10 Å². The minimum atomic E-state index is -0.303. The van der Waals surface area contributed by atoms with Crippen molar-refractivity contribution in [3.63, 3.8) is 0 Å². The Balaban J connectivity index is 1.74. The van der Waals surface area contributed by atoms with Gasteiger partial charge in [-0.25, -0.2) is 4.79 Å². The molecule has 0 aromatic carbocycles. The molecule has 6 nitrogen and oxygen atoms in total. The first-order valence-electron chi connectivity index (χ1n) is 8.78. The first-order valence-corrected chi connectivity index (χ1v) is 10.0. The number of anilines is 1. The number of thiophene rings is 1. The number of aryl methyl sites for hydroxylation is 2. The summed E-state index contributed by atoms with van der Waals surface area (Å²) in [5, 5.41) is 12.1.